The van der Waals surface area contributed by atoms with Gasteiger partial charge < -0.3 is 5.11 Å². The minimum Gasteiger partial charge on any atom is -0.508 e. The summed E-state index contributed by atoms with van der Waals surface area (Å²) in [4.78, 5) is 4.26. The normalized spacial score (nSPS) is 11.2. The highest BCUT2D eigenvalue weighted by atomic mass is 32.2. The van der Waals surface area contributed by atoms with E-state index < -0.39 is 10.0 Å². The molecule has 1 heterocycles. The van der Waals surface area contributed by atoms with Gasteiger partial charge in [0.1, 0.15) is 5.75 Å². The summed E-state index contributed by atoms with van der Waals surface area (Å²) in [5.74, 6) is 0.0883. The largest absolute Gasteiger partial charge is 0.508 e. The van der Waals surface area contributed by atoms with Crippen molar-refractivity contribution in [2.24, 2.45) is 0 Å². The van der Waals surface area contributed by atoms with Crippen molar-refractivity contribution in [1.82, 2.24) is 4.98 Å². The van der Waals surface area contributed by atoms with E-state index in [-0.39, 0.29) is 10.6 Å². The number of phenols is 1. The van der Waals surface area contributed by atoms with Gasteiger partial charge in [-0.25, -0.2) is 8.42 Å². The fourth-order valence-corrected chi connectivity index (χ4v) is 3.51. The van der Waals surface area contributed by atoms with E-state index in [1.165, 1.54) is 23.5 Å². The summed E-state index contributed by atoms with van der Waals surface area (Å²) in [6.07, 6.45) is 3.42. The Morgan fingerprint density at radius 2 is 1.58 bits per heavy atom. The SMILES string of the molecule is CN(c1ccc(O)cc1)S(=O)(=O)c1ccc(-c2cccnc2)cc1. The second-order valence-corrected chi connectivity index (χ2v) is 7.22. The van der Waals surface area contributed by atoms with Crippen molar-refractivity contribution in [3.05, 3.63) is 73.1 Å². The molecule has 0 spiro atoms. The predicted molar refractivity (Wildman–Crippen MR) is 93.4 cm³/mol. The van der Waals surface area contributed by atoms with Crippen LogP contribution in [0.15, 0.2) is 78.0 Å². The molecule has 1 N–H and O–H groups in total. The Morgan fingerprint density at radius 3 is 2.17 bits per heavy atom. The molecule has 0 bridgehead atoms. The zero-order valence-corrected chi connectivity index (χ0v) is 13.8. The molecule has 6 heteroatoms. The number of sulfonamides is 1. The van der Waals surface area contributed by atoms with Crippen LogP contribution in [-0.4, -0.2) is 25.6 Å². The number of hydrogen-bond acceptors (Lipinski definition) is 4. The lowest BCUT2D eigenvalue weighted by molar-refractivity contribution is 0.475. The van der Waals surface area contributed by atoms with E-state index in [0.717, 1.165) is 11.1 Å². The van der Waals surface area contributed by atoms with Crippen molar-refractivity contribution in [3.8, 4) is 16.9 Å². The number of hydrogen-bond donors (Lipinski definition) is 1. The third kappa shape index (κ3) is 3.09. The fourth-order valence-electron chi connectivity index (χ4n) is 2.31. The van der Waals surface area contributed by atoms with Crippen LogP contribution in [0.3, 0.4) is 0 Å². The number of aromatic nitrogens is 1. The van der Waals surface area contributed by atoms with Crippen molar-refractivity contribution in [2.45, 2.75) is 4.90 Å². The van der Waals surface area contributed by atoms with Gasteiger partial charge in [-0.1, -0.05) is 18.2 Å². The zero-order chi connectivity index (χ0) is 17.2. The average molecular weight is 340 g/mol. The molecular formula is C18H16N2O3S. The lowest BCUT2D eigenvalue weighted by Gasteiger charge is -2.19. The Balaban J connectivity index is 1.91. The molecule has 0 aliphatic carbocycles. The molecule has 3 aromatic rings. The van der Waals surface area contributed by atoms with E-state index >= 15 is 0 Å². The molecular weight excluding hydrogens is 324 g/mol. The molecule has 0 aliphatic heterocycles. The van der Waals surface area contributed by atoms with Crippen LogP contribution in [0.4, 0.5) is 5.69 Å². The molecule has 1 aromatic heterocycles. The highest BCUT2D eigenvalue weighted by molar-refractivity contribution is 7.92. The molecule has 122 valence electrons. The van der Waals surface area contributed by atoms with Crippen LogP contribution >= 0.6 is 0 Å². The van der Waals surface area contributed by atoms with E-state index in [1.807, 2.05) is 12.1 Å². The Hall–Kier alpha value is -2.86. The molecule has 0 unspecified atom stereocenters. The predicted octanol–water partition coefficient (Wildman–Crippen LogP) is 3.28. The second kappa shape index (κ2) is 6.33. The standard InChI is InChI=1S/C18H16N2O3S/c1-20(16-6-8-17(21)9-7-16)24(22,23)18-10-4-14(5-11-18)15-3-2-12-19-13-15/h2-13,21H,1H3. The van der Waals surface area contributed by atoms with Gasteiger partial charge in [0.2, 0.25) is 0 Å². The molecule has 0 radical (unpaired) electrons. The maximum atomic E-state index is 12.7. The number of pyridine rings is 1. The van der Waals surface area contributed by atoms with Crippen molar-refractivity contribution >= 4 is 15.7 Å². The maximum Gasteiger partial charge on any atom is 0.264 e. The van der Waals surface area contributed by atoms with Crippen molar-refractivity contribution in [3.63, 3.8) is 0 Å². The topological polar surface area (TPSA) is 70.5 Å². The molecule has 24 heavy (non-hydrogen) atoms. The summed E-state index contributed by atoms with van der Waals surface area (Å²) in [6.45, 7) is 0. The van der Waals surface area contributed by atoms with Gasteiger partial charge in [-0.2, -0.15) is 0 Å². The van der Waals surface area contributed by atoms with Gasteiger partial charge in [0, 0.05) is 19.4 Å². The summed E-state index contributed by atoms with van der Waals surface area (Å²) in [5.41, 5.74) is 2.30. The summed E-state index contributed by atoms with van der Waals surface area (Å²) < 4.78 is 26.6. The quantitative estimate of drug-likeness (QED) is 0.791. The minimum absolute atomic E-state index is 0.0883. The van der Waals surface area contributed by atoms with E-state index in [1.54, 1.807) is 48.8 Å². The van der Waals surface area contributed by atoms with Crippen LogP contribution in [-0.2, 0) is 10.0 Å². The van der Waals surface area contributed by atoms with Gasteiger partial charge in [-0.3, -0.25) is 9.29 Å². The summed E-state index contributed by atoms with van der Waals surface area (Å²) >= 11 is 0. The van der Waals surface area contributed by atoms with Gasteiger partial charge >= 0.3 is 0 Å². The number of phenolic OH excluding ortho intramolecular Hbond substituents is 1. The Morgan fingerprint density at radius 1 is 0.917 bits per heavy atom. The smallest absolute Gasteiger partial charge is 0.264 e. The molecule has 0 fully saturated rings. The van der Waals surface area contributed by atoms with Crippen LogP contribution in [0.1, 0.15) is 0 Å². The van der Waals surface area contributed by atoms with Crippen LogP contribution in [0.2, 0.25) is 0 Å². The summed E-state index contributed by atoms with van der Waals surface area (Å²) in [7, 11) is -2.18. The van der Waals surface area contributed by atoms with E-state index in [0.29, 0.717) is 5.69 Å². The van der Waals surface area contributed by atoms with Gasteiger partial charge in [0.05, 0.1) is 10.6 Å². The molecule has 0 amide bonds. The first-order valence-corrected chi connectivity index (χ1v) is 8.71. The molecule has 0 saturated heterocycles. The Bertz CT molecular complexity index is 922. The number of rotatable bonds is 4. The molecule has 3 rings (SSSR count). The Kier molecular flexibility index (Phi) is 4.22. The second-order valence-electron chi connectivity index (χ2n) is 5.26. The molecule has 5 nitrogen and oxygen atoms in total. The number of aromatic hydroxyl groups is 1. The van der Waals surface area contributed by atoms with E-state index in [4.69, 9.17) is 0 Å². The Labute approximate surface area is 140 Å². The maximum absolute atomic E-state index is 12.7. The van der Waals surface area contributed by atoms with Crippen LogP contribution in [0.5, 0.6) is 5.75 Å². The number of benzene rings is 2. The molecule has 0 saturated carbocycles. The average Bonchev–Trinajstić information content (AvgIpc) is 2.62. The first kappa shape index (κ1) is 16.0. The molecule has 2 aromatic carbocycles. The van der Waals surface area contributed by atoms with Crippen molar-refractivity contribution < 1.29 is 13.5 Å². The van der Waals surface area contributed by atoms with Gasteiger partial charge in [0.15, 0.2) is 0 Å². The number of nitrogens with zero attached hydrogens (tertiary/aromatic N) is 2. The highest BCUT2D eigenvalue weighted by Crippen LogP contribution is 2.26. The zero-order valence-electron chi connectivity index (χ0n) is 13.0. The first-order valence-electron chi connectivity index (χ1n) is 7.27. The first-order chi connectivity index (χ1) is 11.5. The summed E-state index contributed by atoms with van der Waals surface area (Å²) in [6, 6.07) is 16.4. The lowest BCUT2D eigenvalue weighted by atomic mass is 10.1. The van der Waals surface area contributed by atoms with Crippen LogP contribution < -0.4 is 4.31 Å². The van der Waals surface area contributed by atoms with Gasteiger partial charge in [-0.05, 0) is 53.6 Å². The van der Waals surface area contributed by atoms with Crippen molar-refractivity contribution in [1.29, 1.82) is 0 Å². The van der Waals surface area contributed by atoms with E-state index in [2.05, 4.69) is 4.98 Å². The van der Waals surface area contributed by atoms with Gasteiger partial charge in [0.25, 0.3) is 10.0 Å². The lowest BCUT2D eigenvalue weighted by Crippen LogP contribution is -2.26. The number of anilines is 1. The van der Waals surface area contributed by atoms with Crippen molar-refractivity contribution in [2.75, 3.05) is 11.4 Å². The molecule has 0 aliphatic rings. The molecule has 0 atom stereocenters. The third-order valence-corrected chi connectivity index (χ3v) is 5.52. The van der Waals surface area contributed by atoms with Crippen LogP contribution in [0.25, 0.3) is 11.1 Å². The van der Waals surface area contributed by atoms with E-state index in [9.17, 15) is 13.5 Å². The van der Waals surface area contributed by atoms with Crippen LogP contribution in [0, 0.1) is 0 Å². The van der Waals surface area contributed by atoms with Gasteiger partial charge in [-0.15, -0.1) is 0 Å². The summed E-state index contributed by atoms with van der Waals surface area (Å²) in [5, 5.41) is 9.32. The monoisotopic (exact) mass is 340 g/mol. The highest BCUT2D eigenvalue weighted by Gasteiger charge is 2.21. The third-order valence-electron chi connectivity index (χ3n) is 3.72. The fraction of sp³-hybridized carbons (Fsp3) is 0.0556. The minimum atomic E-state index is -3.67.